The van der Waals surface area contributed by atoms with E-state index in [1.807, 2.05) is 0 Å². The molecule has 0 aliphatic carbocycles. The zero-order valence-corrected chi connectivity index (χ0v) is 8.40. The highest BCUT2D eigenvalue weighted by atomic mass is 32.1. The summed E-state index contributed by atoms with van der Waals surface area (Å²) in [4.78, 5) is 1.33. The van der Waals surface area contributed by atoms with Crippen molar-refractivity contribution in [3.63, 3.8) is 0 Å². The summed E-state index contributed by atoms with van der Waals surface area (Å²) in [6, 6.07) is 4.18. The summed E-state index contributed by atoms with van der Waals surface area (Å²) in [6.45, 7) is 3.91. The summed E-state index contributed by atoms with van der Waals surface area (Å²) in [5.41, 5.74) is 0. The molecular formula is C10H16OS. The molecule has 1 aromatic heterocycles. The van der Waals surface area contributed by atoms with Crippen LogP contribution in [0.1, 0.15) is 31.1 Å². The molecule has 0 aromatic carbocycles. The maximum Gasteiger partial charge on any atom is 0.0809 e. The number of rotatable bonds is 6. The minimum atomic E-state index is 0.793. The van der Waals surface area contributed by atoms with E-state index < -0.39 is 0 Å². The van der Waals surface area contributed by atoms with Crippen LogP contribution in [0, 0.1) is 0 Å². The molecule has 0 saturated carbocycles. The van der Waals surface area contributed by atoms with Crippen molar-refractivity contribution >= 4 is 11.3 Å². The fraction of sp³-hybridized carbons (Fsp3) is 0.600. The van der Waals surface area contributed by atoms with Gasteiger partial charge < -0.3 is 4.74 Å². The van der Waals surface area contributed by atoms with Gasteiger partial charge in [-0.2, -0.15) is 0 Å². The van der Waals surface area contributed by atoms with Gasteiger partial charge in [-0.15, -0.1) is 11.3 Å². The van der Waals surface area contributed by atoms with E-state index in [0.717, 1.165) is 13.2 Å². The van der Waals surface area contributed by atoms with E-state index in [0.29, 0.717) is 0 Å². The predicted octanol–water partition coefficient (Wildman–Crippen LogP) is 3.45. The van der Waals surface area contributed by atoms with Crippen molar-refractivity contribution in [2.45, 2.75) is 32.8 Å². The van der Waals surface area contributed by atoms with Crippen LogP contribution in [-0.2, 0) is 11.3 Å². The van der Waals surface area contributed by atoms with E-state index in [1.54, 1.807) is 11.3 Å². The molecule has 0 saturated heterocycles. The predicted molar refractivity (Wildman–Crippen MR) is 53.5 cm³/mol. The van der Waals surface area contributed by atoms with Gasteiger partial charge >= 0.3 is 0 Å². The molecule has 0 aliphatic rings. The molecule has 0 atom stereocenters. The maximum absolute atomic E-state index is 5.49. The number of unbranched alkanes of at least 4 members (excludes halogenated alkanes) is 2. The van der Waals surface area contributed by atoms with Gasteiger partial charge in [0.25, 0.3) is 0 Å². The summed E-state index contributed by atoms with van der Waals surface area (Å²) in [7, 11) is 0. The molecular weight excluding hydrogens is 168 g/mol. The largest absolute Gasteiger partial charge is 0.376 e. The van der Waals surface area contributed by atoms with Crippen LogP contribution in [0.2, 0.25) is 0 Å². The summed E-state index contributed by atoms with van der Waals surface area (Å²) < 4.78 is 5.49. The van der Waals surface area contributed by atoms with Gasteiger partial charge in [0, 0.05) is 11.5 Å². The highest BCUT2D eigenvalue weighted by Crippen LogP contribution is 2.09. The first kappa shape index (κ1) is 9.75. The Labute approximate surface area is 78.4 Å². The van der Waals surface area contributed by atoms with Crippen LogP contribution in [0.25, 0.3) is 0 Å². The van der Waals surface area contributed by atoms with Gasteiger partial charge in [-0.1, -0.05) is 25.8 Å². The second kappa shape index (κ2) is 6.21. The first-order chi connectivity index (χ1) is 5.93. The number of hydrogen-bond acceptors (Lipinski definition) is 2. The zero-order chi connectivity index (χ0) is 8.65. The Morgan fingerprint density at radius 2 is 2.33 bits per heavy atom. The van der Waals surface area contributed by atoms with Gasteiger partial charge in [0.1, 0.15) is 0 Å². The molecule has 0 spiro atoms. The Bertz CT molecular complexity index is 182. The van der Waals surface area contributed by atoms with Crippen molar-refractivity contribution in [1.82, 2.24) is 0 Å². The molecule has 1 nitrogen and oxygen atoms in total. The quantitative estimate of drug-likeness (QED) is 0.615. The van der Waals surface area contributed by atoms with Crippen LogP contribution < -0.4 is 0 Å². The monoisotopic (exact) mass is 184 g/mol. The Morgan fingerprint density at radius 3 is 3.00 bits per heavy atom. The Kier molecular flexibility index (Phi) is 5.04. The van der Waals surface area contributed by atoms with Gasteiger partial charge in [-0.25, -0.2) is 0 Å². The molecule has 0 amide bonds. The minimum Gasteiger partial charge on any atom is -0.376 e. The molecule has 1 heterocycles. The summed E-state index contributed by atoms with van der Waals surface area (Å²) >= 11 is 1.76. The van der Waals surface area contributed by atoms with E-state index in [2.05, 4.69) is 24.4 Å². The molecule has 1 rings (SSSR count). The Balaban J connectivity index is 1.96. The van der Waals surface area contributed by atoms with Crippen LogP contribution in [0.5, 0.6) is 0 Å². The smallest absolute Gasteiger partial charge is 0.0809 e. The molecule has 0 aliphatic heterocycles. The van der Waals surface area contributed by atoms with Crippen molar-refractivity contribution in [2.75, 3.05) is 6.61 Å². The third kappa shape index (κ3) is 3.88. The maximum atomic E-state index is 5.49. The zero-order valence-electron chi connectivity index (χ0n) is 7.58. The van der Waals surface area contributed by atoms with E-state index in [1.165, 1.54) is 24.1 Å². The number of thiophene rings is 1. The fourth-order valence-electron chi connectivity index (χ4n) is 1.02. The average molecular weight is 184 g/mol. The summed E-state index contributed by atoms with van der Waals surface area (Å²) in [6.07, 6.45) is 3.74. The van der Waals surface area contributed by atoms with Crippen molar-refractivity contribution in [1.29, 1.82) is 0 Å². The lowest BCUT2D eigenvalue weighted by Gasteiger charge is -2.00. The Hall–Kier alpha value is -0.340. The van der Waals surface area contributed by atoms with Crippen molar-refractivity contribution in [2.24, 2.45) is 0 Å². The molecule has 68 valence electrons. The van der Waals surface area contributed by atoms with Crippen LogP contribution in [-0.4, -0.2) is 6.61 Å². The standard InChI is InChI=1S/C10H16OS/c1-2-3-4-7-11-9-10-6-5-8-12-10/h5-6,8H,2-4,7,9H2,1H3. The van der Waals surface area contributed by atoms with Crippen LogP contribution in [0.3, 0.4) is 0 Å². The molecule has 0 N–H and O–H groups in total. The van der Waals surface area contributed by atoms with E-state index >= 15 is 0 Å². The lowest BCUT2D eigenvalue weighted by Crippen LogP contribution is -1.93. The van der Waals surface area contributed by atoms with Gasteiger partial charge in [0.05, 0.1) is 6.61 Å². The Morgan fingerprint density at radius 1 is 1.42 bits per heavy atom. The first-order valence-electron chi connectivity index (χ1n) is 4.53. The van der Waals surface area contributed by atoms with Gasteiger partial charge in [-0.3, -0.25) is 0 Å². The van der Waals surface area contributed by atoms with Gasteiger partial charge in [0.15, 0.2) is 0 Å². The van der Waals surface area contributed by atoms with E-state index in [-0.39, 0.29) is 0 Å². The van der Waals surface area contributed by atoms with Crippen LogP contribution in [0.4, 0.5) is 0 Å². The lowest BCUT2D eigenvalue weighted by atomic mass is 10.3. The second-order valence-corrected chi connectivity index (χ2v) is 3.87. The molecule has 2 heteroatoms. The lowest BCUT2D eigenvalue weighted by molar-refractivity contribution is 0.119. The van der Waals surface area contributed by atoms with Crippen molar-refractivity contribution in [3.05, 3.63) is 22.4 Å². The highest BCUT2D eigenvalue weighted by Gasteiger charge is 1.92. The highest BCUT2D eigenvalue weighted by molar-refractivity contribution is 7.09. The first-order valence-corrected chi connectivity index (χ1v) is 5.41. The SMILES string of the molecule is CCCCCOCc1cccs1. The van der Waals surface area contributed by atoms with E-state index in [9.17, 15) is 0 Å². The van der Waals surface area contributed by atoms with Crippen LogP contribution in [0.15, 0.2) is 17.5 Å². The third-order valence-corrected chi connectivity index (χ3v) is 2.57. The molecule has 12 heavy (non-hydrogen) atoms. The molecule has 1 aromatic rings. The molecule has 0 radical (unpaired) electrons. The second-order valence-electron chi connectivity index (χ2n) is 2.84. The minimum absolute atomic E-state index is 0.793. The fourth-order valence-corrected chi connectivity index (χ4v) is 1.66. The van der Waals surface area contributed by atoms with Crippen molar-refractivity contribution in [3.8, 4) is 0 Å². The average Bonchev–Trinajstić information content (AvgIpc) is 2.57. The molecule has 0 bridgehead atoms. The van der Waals surface area contributed by atoms with E-state index in [4.69, 9.17) is 4.74 Å². The summed E-state index contributed by atoms with van der Waals surface area (Å²) in [5, 5.41) is 2.09. The summed E-state index contributed by atoms with van der Waals surface area (Å²) in [5.74, 6) is 0. The number of ether oxygens (including phenoxy) is 1. The molecule has 0 fully saturated rings. The van der Waals surface area contributed by atoms with Crippen LogP contribution >= 0.6 is 11.3 Å². The van der Waals surface area contributed by atoms with Gasteiger partial charge in [0.2, 0.25) is 0 Å². The topological polar surface area (TPSA) is 9.23 Å². The van der Waals surface area contributed by atoms with Gasteiger partial charge in [-0.05, 0) is 17.9 Å². The third-order valence-electron chi connectivity index (χ3n) is 1.72. The normalized spacial score (nSPS) is 10.4. The molecule has 0 unspecified atom stereocenters. The number of hydrogen-bond donors (Lipinski definition) is 0. The van der Waals surface area contributed by atoms with Crippen molar-refractivity contribution < 1.29 is 4.74 Å².